The maximum atomic E-state index is 6.03. The molecular weight excluding hydrogens is 289 g/mol. The molecule has 0 N–H and O–H groups in total. The molecule has 16 heavy (non-hydrogen) atoms. The summed E-state index contributed by atoms with van der Waals surface area (Å²) >= 11 is 9.40. The van der Waals surface area contributed by atoms with Gasteiger partial charge in [0.1, 0.15) is 5.82 Å². The van der Waals surface area contributed by atoms with Crippen LogP contribution in [0.5, 0.6) is 0 Å². The van der Waals surface area contributed by atoms with E-state index in [1.54, 1.807) is 0 Å². The summed E-state index contributed by atoms with van der Waals surface area (Å²) in [6, 6.07) is 5.87. The van der Waals surface area contributed by atoms with Gasteiger partial charge in [0.2, 0.25) is 0 Å². The first-order valence-corrected chi connectivity index (χ1v) is 6.33. The topological polar surface area (TPSA) is 30.7 Å². The first kappa shape index (κ1) is 11.6. The van der Waals surface area contributed by atoms with Gasteiger partial charge in [0, 0.05) is 17.6 Å². The summed E-state index contributed by atoms with van der Waals surface area (Å²) in [5.74, 6) is 1.73. The Bertz CT molecular complexity index is 502. The molecule has 0 saturated carbocycles. The van der Waals surface area contributed by atoms with Gasteiger partial charge in [0.15, 0.2) is 5.82 Å². The van der Waals surface area contributed by atoms with Crippen molar-refractivity contribution in [2.24, 2.45) is 7.05 Å². The van der Waals surface area contributed by atoms with Gasteiger partial charge in [0.05, 0.1) is 5.33 Å². The molecular formula is C11H11BrClN3. The molecule has 1 heterocycles. The van der Waals surface area contributed by atoms with Gasteiger partial charge in [-0.1, -0.05) is 27.5 Å². The maximum absolute atomic E-state index is 6.03. The number of aromatic nitrogens is 3. The average Bonchev–Trinajstić information content (AvgIpc) is 2.58. The molecule has 0 aliphatic heterocycles. The van der Waals surface area contributed by atoms with Gasteiger partial charge in [-0.15, -0.1) is 10.2 Å². The normalized spacial score (nSPS) is 10.8. The number of nitrogens with zero attached hydrogens (tertiary/aromatic N) is 3. The second-order valence-corrected chi connectivity index (χ2v) is 4.65. The zero-order valence-electron chi connectivity index (χ0n) is 9.04. The number of benzene rings is 1. The maximum Gasteiger partial charge on any atom is 0.163 e. The summed E-state index contributed by atoms with van der Waals surface area (Å²) in [5.41, 5.74) is 2.11. The molecule has 0 aliphatic carbocycles. The van der Waals surface area contributed by atoms with Gasteiger partial charge in [-0.25, -0.2) is 0 Å². The van der Waals surface area contributed by atoms with Crippen LogP contribution in [0.2, 0.25) is 5.02 Å². The highest BCUT2D eigenvalue weighted by atomic mass is 79.9. The number of rotatable bonds is 2. The highest BCUT2D eigenvalue weighted by Gasteiger charge is 2.10. The monoisotopic (exact) mass is 299 g/mol. The van der Waals surface area contributed by atoms with Crippen molar-refractivity contribution in [3.63, 3.8) is 0 Å². The molecule has 1 aromatic heterocycles. The molecule has 0 aliphatic rings. The second-order valence-electron chi connectivity index (χ2n) is 3.65. The lowest BCUT2D eigenvalue weighted by atomic mass is 10.1. The molecule has 84 valence electrons. The minimum atomic E-state index is 0.691. The van der Waals surface area contributed by atoms with E-state index in [9.17, 15) is 0 Å². The fraction of sp³-hybridized carbons (Fsp3) is 0.273. The Morgan fingerprint density at radius 1 is 1.31 bits per heavy atom. The summed E-state index contributed by atoms with van der Waals surface area (Å²) in [5, 5.41) is 9.67. The average molecular weight is 301 g/mol. The molecule has 0 amide bonds. The van der Waals surface area contributed by atoms with Crippen LogP contribution < -0.4 is 0 Å². The van der Waals surface area contributed by atoms with Crippen molar-refractivity contribution in [3.05, 3.63) is 34.6 Å². The molecule has 0 radical (unpaired) electrons. The van der Waals surface area contributed by atoms with Crippen LogP contribution in [0, 0.1) is 6.92 Å². The van der Waals surface area contributed by atoms with E-state index in [1.165, 1.54) is 0 Å². The summed E-state index contributed by atoms with van der Waals surface area (Å²) in [4.78, 5) is 0. The lowest BCUT2D eigenvalue weighted by Crippen LogP contribution is -1.97. The van der Waals surface area contributed by atoms with E-state index < -0.39 is 0 Å². The summed E-state index contributed by atoms with van der Waals surface area (Å²) < 4.78 is 1.96. The van der Waals surface area contributed by atoms with Crippen molar-refractivity contribution < 1.29 is 0 Å². The largest absolute Gasteiger partial charge is 0.313 e. The quantitative estimate of drug-likeness (QED) is 0.796. The number of alkyl halides is 1. The van der Waals surface area contributed by atoms with Crippen LogP contribution >= 0.6 is 27.5 Å². The fourth-order valence-corrected chi connectivity index (χ4v) is 2.37. The highest BCUT2D eigenvalue weighted by Crippen LogP contribution is 2.23. The van der Waals surface area contributed by atoms with Gasteiger partial charge in [-0.05, 0) is 30.7 Å². The summed E-state index contributed by atoms with van der Waals surface area (Å²) in [6.07, 6.45) is 0. The predicted molar refractivity (Wildman–Crippen MR) is 68.8 cm³/mol. The molecule has 0 unspecified atom stereocenters. The molecule has 1 aromatic carbocycles. The van der Waals surface area contributed by atoms with Crippen molar-refractivity contribution in [1.82, 2.24) is 14.8 Å². The Labute approximate surface area is 108 Å². The SMILES string of the molecule is Cc1cc(Cl)cc(-c2nnc(CBr)n2C)c1. The zero-order valence-corrected chi connectivity index (χ0v) is 11.4. The van der Waals surface area contributed by atoms with Crippen LogP contribution in [-0.2, 0) is 12.4 Å². The van der Waals surface area contributed by atoms with E-state index in [0.29, 0.717) is 5.33 Å². The first-order valence-electron chi connectivity index (χ1n) is 4.83. The third kappa shape index (κ3) is 2.13. The van der Waals surface area contributed by atoms with E-state index in [2.05, 4.69) is 26.1 Å². The molecule has 3 nitrogen and oxygen atoms in total. The standard InChI is InChI=1S/C11H11BrClN3/c1-7-3-8(5-9(13)4-7)11-15-14-10(6-12)16(11)2/h3-5H,6H2,1-2H3. The van der Waals surface area contributed by atoms with Gasteiger partial charge < -0.3 is 4.57 Å². The van der Waals surface area contributed by atoms with Crippen LogP contribution in [-0.4, -0.2) is 14.8 Å². The van der Waals surface area contributed by atoms with Crippen molar-refractivity contribution in [3.8, 4) is 11.4 Å². The number of halogens is 2. The van der Waals surface area contributed by atoms with Gasteiger partial charge in [0.25, 0.3) is 0 Å². The predicted octanol–water partition coefficient (Wildman–Crippen LogP) is 3.34. The zero-order chi connectivity index (χ0) is 11.7. The molecule has 2 aromatic rings. The van der Waals surface area contributed by atoms with E-state index in [4.69, 9.17) is 11.6 Å². The molecule has 0 spiro atoms. The van der Waals surface area contributed by atoms with E-state index in [0.717, 1.165) is 27.8 Å². The number of aryl methyl sites for hydroxylation is 1. The molecule has 0 atom stereocenters. The van der Waals surface area contributed by atoms with Crippen LogP contribution in [0.1, 0.15) is 11.4 Å². The smallest absolute Gasteiger partial charge is 0.163 e. The van der Waals surface area contributed by atoms with Crippen molar-refractivity contribution in [2.45, 2.75) is 12.3 Å². The Morgan fingerprint density at radius 2 is 2.06 bits per heavy atom. The van der Waals surface area contributed by atoms with Gasteiger partial charge in [-0.3, -0.25) is 0 Å². The number of hydrogen-bond donors (Lipinski definition) is 0. The molecule has 0 saturated heterocycles. The lowest BCUT2D eigenvalue weighted by molar-refractivity contribution is 0.859. The van der Waals surface area contributed by atoms with Gasteiger partial charge in [-0.2, -0.15) is 0 Å². The Kier molecular flexibility index (Phi) is 3.30. The highest BCUT2D eigenvalue weighted by molar-refractivity contribution is 9.08. The lowest BCUT2D eigenvalue weighted by Gasteiger charge is -2.04. The minimum Gasteiger partial charge on any atom is -0.313 e. The molecule has 0 fully saturated rings. The van der Waals surface area contributed by atoms with Crippen molar-refractivity contribution >= 4 is 27.5 Å². The summed E-state index contributed by atoms with van der Waals surface area (Å²) in [6.45, 7) is 2.01. The third-order valence-electron chi connectivity index (χ3n) is 2.38. The number of hydrogen-bond acceptors (Lipinski definition) is 2. The molecule has 0 bridgehead atoms. The Morgan fingerprint density at radius 3 is 2.62 bits per heavy atom. The third-order valence-corrected chi connectivity index (χ3v) is 3.10. The molecule has 2 rings (SSSR count). The van der Waals surface area contributed by atoms with Crippen molar-refractivity contribution in [2.75, 3.05) is 0 Å². The Balaban J connectivity index is 2.54. The van der Waals surface area contributed by atoms with Crippen LogP contribution in [0.4, 0.5) is 0 Å². The van der Waals surface area contributed by atoms with Crippen molar-refractivity contribution in [1.29, 1.82) is 0 Å². The first-order chi connectivity index (χ1) is 7.61. The van der Waals surface area contributed by atoms with E-state index >= 15 is 0 Å². The Hall–Kier alpha value is -0.870. The van der Waals surface area contributed by atoms with Crippen LogP contribution in [0.15, 0.2) is 18.2 Å². The van der Waals surface area contributed by atoms with E-state index in [-0.39, 0.29) is 0 Å². The fourth-order valence-electron chi connectivity index (χ4n) is 1.59. The van der Waals surface area contributed by atoms with E-state index in [1.807, 2.05) is 36.7 Å². The molecule has 5 heteroatoms. The van der Waals surface area contributed by atoms with Crippen LogP contribution in [0.25, 0.3) is 11.4 Å². The summed E-state index contributed by atoms with van der Waals surface area (Å²) in [7, 11) is 1.95. The van der Waals surface area contributed by atoms with Gasteiger partial charge >= 0.3 is 0 Å². The van der Waals surface area contributed by atoms with Crippen LogP contribution in [0.3, 0.4) is 0 Å². The minimum absolute atomic E-state index is 0.691. The second kappa shape index (κ2) is 4.55.